The Hall–Kier alpha value is -0.450. The molecular weight excluding hydrogens is 170 g/mol. The highest BCUT2D eigenvalue weighted by Crippen LogP contribution is 2.09. The highest BCUT2D eigenvalue weighted by molar-refractivity contribution is 5.85. The van der Waals surface area contributed by atoms with Crippen molar-refractivity contribution in [3.63, 3.8) is 0 Å². The van der Waals surface area contributed by atoms with Gasteiger partial charge in [0.25, 0.3) is 0 Å². The highest BCUT2D eigenvalue weighted by atomic mass is 35.5. The number of hydrogen-bond donors (Lipinski definition) is 1. The van der Waals surface area contributed by atoms with Gasteiger partial charge in [-0.3, -0.25) is 0 Å². The summed E-state index contributed by atoms with van der Waals surface area (Å²) in [5.74, 6) is 6.08. The predicted molar refractivity (Wildman–Crippen MR) is 57.3 cm³/mol. The van der Waals surface area contributed by atoms with E-state index in [0.29, 0.717) is 6.54 Å². The van der Waals surface area contributed by atoms with Crippen LogP contribution in [0.25, 0.3) is 0 Å². The summed E-state index contributed by atoms with van der Waals surface area (Å²) in [5.41, 5.74) is 5.40. The Balaban J connectivity index is 0. The number of hydrogen-bond acceptors (Lipinski definition) is 1. The largest absolute Gasteiger partial charge is 0.330 e. The molecule has 0 aromatic carbocycles. The van der Waals surface area contributed by atoms with Crippen molar-refractivity contribution >= 4 is 12.4 Å². The summed E-state index contributed by atoms with van der Waals surface area (Å²) in [6.45, 7) is 6.98. The van der Waals surface area contributed by atoms with Gasteiger partial charge in [-0.25, -0.2) is 0 Å². The van der Waals surface area contributed by atoms with Gasteiger partial charge in [0, 0.05) is 5.41 Å². The van der Waals surface area contributed by atoms with E-state index in [9.17, 15) is 0 Å². The molecule has 0 atom stereocenters. The number of nitrogens with two attached hydrogens (primary N) is 1. The number of allylic oxidation sites excluding steroid dienone is 1. The molecule has 0 aliphatic rings. The minimum Gasteiger partial charge on any atom is -0.330 e. The molecule has 0 aromatic heterocycles. The third-order valence-corrected chi connectivity index (χ3v) is 0.982. The molecule has 0 aliphatic heterocycles. The standard InChI is InChI=1S/C10H17N.ClH/c1-10(2,3)8-6-4-5-7-9-11;/h4-5H,7,9,11H2,1-3H3;1H. The fourth-order valence-corrected chi connectivity index (χ4v) is 0.497. The maximum atomic E-state index is 5.30. The van der Waals surface area contributed by atoms with Gasteiger partial charge in [0.15, 0.2) is 0 Å². The molecule has 0 heterocycles. The Morgan fingerprint density at radius 2 is 1.92 bits per heavy atom. The first-order valence-electron chi connectivity index (χ1n) is 3.94. The molecule has 0 saturated heterocycles. The third-order valence-electron chi connectivity index (χ3n) is 0.982. The van der Waals surface area contributed by atoms with Crippen LogP contribution in [0.3, 0.4) is 0 Å². The molecule has 0 bridgehead atoms. The summed E-state index contributed by atoms with van der Waals surface area (Å²) in [6.07, 6.45) is 4.79. The zero-order chi connectivity index (χ0) is 8.74. The lowest BCUT2D eigenvalue weighted by Gasteiger charge is -2.05. The lowest BCUT2D eigenvalue weighted by Crippen LogP contribution is -1.98. The van der Waals surface area contributed by atoms with Crippen LogP contribution in [0.4, 0.5) is 0 Å². The summed E-state index contributed by atoms with van der Waals surface area (Å²) in [5, 5.41) is 0. The summed E-state index contributed by atoms with van der Waals surface area (Å²) in [7, 11) is 0. The quantitative estimate of drug-likeness (QED) is 0.660. The normalized spacial score (nSPS) is 10.3. The van der Waals surface area contributed by atoms with E-state index in [0.717, 1.165) is 6.42 Å². The van der Waals surface area contributed by atoms with E-state index >= 15 is 0 Å². The second-order valence-corrected chi connectivity index (χ2v) is 3.50. The molecule has 1 nitrogen and oxygen atoms in total. The third kappa shape index (κ3) is 12.2. The molecule has 0 aliphatic carbocycles. The van der Waals surface area contributed by atoms with E-state index in [2.05, 4.69) is 32.6 Å². The number of halogens is 1. The minimum absolute atomic E-state index is 0. The van der Waals surface area contributed by atoms with Crippen molar-refractivity contribution in [2.45, 2.75) is 27.2 Å². The Bertz CT molecular complexity index is 178. The van der Waals surface area contributed by atoms with Crippen LogP contribution in [0, 0.1) is 17.3 Å². The molecule has 0 fully saturated rings. The minimum atomic E-state index is 0. The Morgan fingerprint density at radius 1 is 1.33 bits per heavy atom. The van der Waals surface area contributed by atoms with Gasteiger partial charge in [-0.15, -0.1) is 12.4 Å². The van der Waals surface area contributed by atoms with E-state index in [1.54, 1.807) is 0 Å². The molecular formula is C10H18ClN. The maximum absolute atomic E-state index is 5.30. The lowest BCUT2D eigenvalue weighted by atomic mass is 9.98. The van der Waals surface area contributed by atoms with Gasteiger partial charge in [-0.1, -0.05) is 17.9 Å². The highest BCUT2D eigenvalue weighted by Gasteiger charge is 2.01. The van der Waals surface area contributed by atoms with Gasteiger partial charge in [0.2, 0.25) is 0 Å². The molecule has 0 rings (SSSR count). The predicted octanol–water partition coefficient (Wildman–Crippen LogP) is 2.36. The first-order chi connectivity index (χ1) is 5.06. The van der Waals surface area contributed by atoms with E-state index in [1.165, 1.54) is 0 Å². The molecule has 0 amide bonds. The molecule has 0 aromatic rings. The van der Waals surface area contributed by atoms with Gasteiger partial charge in [-0.2, -0.15) is 0 Å². The second kappa shape index (κ2) is 7.21. The maximum Gasteiger partial charge on any atom is 0.0233 e. The topological polar surface area (TPSA) is 26.0 Å². The molecule has 70 valence electrons. The molecule has 0 spiro atoms. The zero-order valence-electron chi connectivity index (χ0n) is 8.05. The molecule has 12 heavy (non-hydrogen) atoms. The van der Waals surface area contributed by atoms with Gasteiger partial charge in [0.1, 0.15) is 0 Å². The monoisotopic (exact) mass is 187 g/mol. The fraction of sp³-hybridized carbons (Fsp3) is 0.600. The van der Waals surface area contributed by atoms with E-state index in [-0.39, 0.29) is 17.8 Å². The lowest BCUT2D eigenvalue weighted by molar-refractivity contribution is 0.571. The Labute approximate surface area is 81.8 Å². The van der Waals surface area contributed by atoms with Gasteiger partial charge < -0.3 is 5.73 Å². The number of rotatable bonds is 2. The average Bonchev–Trinajstić information content (AvgIpc) is 1.85. The van der Waals surface area contributed by atoms with Crippen molar-refractivity contribution in [1.29, 1.82) is 0 Å². The molecule has 2 heteroatoms. The van der Waals surface area contributed by atoms with Crippen LogP contribution < -0.4 is 5.73 Å². The van der Waals surface area contributed by atoms with E-state index in [4.69, 9.17) is 5.73 Å². The van der Waals surface area contributed by atoms with Crippen LogP contribution in [0.5, 0.6) is 0 Å². The molecule has 0 saturated carbocycles. The van der Waals surface area contributed by atoms with Crippen LogP contribution in [0.1, 0.15) is 27.2 Å². The van der Waals surface area contributed by atoms with Crippen molar-refractivity contribution in [1.82, 2.24) is 0 Å². The molecule has 0 unspecified atom stereocenters. The zero-order valence-corrected chi connectivity index (χ0v) is 8.87. The molecule has 2 N–H and O–H groups in total. The average molecular weight is 188 g/mol. The first kappa shape index (κ1) is 14.1. The van der Waals surface area contributed by atoms with Gasteiger partial charge in [0.05, 0.1) is 0 Å². The van der Waals surface area contributed by atoms with Crippen molar-refractivity contribution in [2.24, 2.45) is 11.1 Å². The van der Waals surface area contributed by atoms with Gasteiger partial charge >= 0.3 is 0 Å². The van der Waals surface area contributed by atoms with Crippen LogP contribution in [-0.2, 0) is 0 Å². The van der Waals surface area contributed by atoms with Gasteiger partial charge in [-0.05, 0) is 39.8 Å². The Morgan fingerprint density at radius 3 is 2.33 bits per heavy atom. The van der Waals surface area contributed by atoms with Crippen molar-refractivity contribution in [3.8, 4) is 11.8 Å². The summed E-state index contributed by atoms with van der Waals surface area (Å²) >= 11 is 0. The summed E-state index contributed by atoms with van der Waals surface area (Å²) in [6, 6.07) is 0. The van der Waals surface area contributed by atoms with E-state index in [1.807, 2.05) is 12.2 Å². The Kier molecular flexibility index (Phi) is 8.47. The van der Waals surface area contributed by atoms with Crippen LogP contribution in [0.15, 0.2) is 12.2 Å². The fourth-order valence-electron chi connectivity index (χ4n) is 0.497. The second-order valence-electron chi connectivity index (χ2n) is 3.50. The van der Waals surface area contributed by atoms with Crippen LogP contribution in [-0.4, -0.2) is 6.54 Å². The molecule has 0 radical (unpaired) electrons. The van der Waals surface area contributed by atoms with Crippen molar-refractivity contribution in [3.05, 3.63) is 12.2 Å². The smallest absolute Gasteiger partial charge is 0.0233 e. The SMILES string of the molecule is CC(C)(C)C#CC=CCCN.Cl. The van der Waals surface area contributed by atoms with Crippen molar-refractivity contribution in [2.75, 3.05) is 6.54 Å². The van der Waals surface area contributed by atoms with E-state index < -0.39 is 0 Å². The van der Waals surface area contributed by atoms with Crippen molar-refractivity contribution < 1.29 is 0 Å². The first-order valence-corrected chi connectivity index (χ1v) is 3.94. The summed E-state index contributed by atoms with van der Waals surface area (Å²) in [4.78, 5) is 0. The van der Waals surface area contributed by atoms with Crippen LogP contribution >= 0.6 is 12.4 Å². The van der Waals surface area contributed by atoms with Crippen LogP contribution in [0.2, 0.25) is 0 Å². The summed E-state index contributed by atoms with van der Waals surface area (Å²) < 4.78 is 0.